The molecule has 0 amide bonds. The van der Waals surface area contributed by atoms with Crippen molar-refractivity contribution in [2.75, 3.05) is 0 Å². The molecule has 0 aromatic carbocycles. The summed E-state index contributed by atoms with van der Waals surface area (Å²) in [5, 5.41) is 17.4. The molecular formula is C12H17N5S2. The van der Waals surface area contributed by atoms with Gasteiger partial charge in [0.15, 0.2) is 0 Å². The highest BCUT2D eigenvalue weighted by Gasteiger charge is 2.30. The first kappa shape index (κ1) is 13.1. The highest BCUT2D eigenvalue weighted by atomic mass is 32.2. The maximum absolute atomic E-state index is 6.27. The van der Waals surface area contributed by atoms with Gasteiger partial charge < -0.3 is 5.73 Å². The van der Waals surface area contributed by atoms with E-state index >= 15 is 0 Å². The molecule has 2 aromatic heterocycles. The fourth-order valence-electron chi connectivity index (χ4n) is 1.98. The molecule has 1 saturated carbocycles. The van der Waals surface area contributed by atoms with E-state index in [1.165, 1.54) is 18.4 Å². The number of nitrogens with zero attached hydrogens (tertiary/aromatic N) is 4. The zero-order chi connectivity index (χ0) is 13.2. The van der Waals surface area contributed by atoms with Crippen LogP contribution in [0.5, 0.6) is 0 Å². The minimum atomic E-state index is 0.115. The van der Waals surface area contributed by atoms with Crippen molar-refractivity contribution in [3.05, 3.63) is 22.4 Å². The Kier molecular flexibility index (Phi) is 3.86. The van der Waals surface area contributed by atoms with Crippen LogP contribution >= 0.6 is 23.1 Å². The summed E-state index contributed by atoms with van der Waals surface area (Å²) < 4.78 is 1.95. The monoisotopic (exact) mass is 295 g/mol. The van der Waals surface area contributed by atoms with Crippen LogP contribution in [0, 0.1) is 0 Å². The van der Waals surface area contributed by atoms with Gasteiger partial charge in [-0.05, 0) is 52.1 Å². The molecule has 1 aliphatic carbocycles. The van der Waals surface area contributed by atoms with Crippen molar-refractivity contribution >= 4 is 23.1 Å². The van der Waals surface area contributed by atoms with Gasteiger partial charge in [-0.1, -0.05) is 18.7 Å². The van der Waals surface area contributed by atoms with E-state index in [-0.39, 0.29) is 11.3 Å². The lowest BCUT2D eigenvalue weighted by Crippen LogP contribution is -2.25. The average Bonchev–Trinajstić information content (AvgIpc) is 2.94. The second-order valence-corrected chi connectivity index (χ2v) is 6.69. The van der Waals surface area contributed by atoms with Gasteiger partial charge in [-0.3, -0.25) is 0 Å². The van der Waals surface area contributed by atoms with E-state index in [1.54, 1.807) is 23.1 Å². The van der Waals surface area contributed by atoms with E-state index in [2.05, 4.69) is 39.3 Å². The maximum atomic E-state index is 6.27. The van der Waals surface area contributed by atoms with Gasteiger partial charge in [-0.25, -0.2) is 4.68 Å². The quantitative estimate of drug-likeness (QED) is 0.830. The first-order chi connectivity index (χ1) is 9.29. The lowest BCUT2D eigenvalue weighted by Gasteiger charge is -2.20. The van der Waals surface area contributed by atoms with Crippen molar-refractivity contribution in [3.63, 3.8) is 0 Å². The molecule has 2 unspecified atom stereocenters. The number of aromatic nitrogens is 4. The average molecular weight is 295 g/mol. The van der Waals surface area contributed by atoms with Crippen LogP contribution in [0.4, 0.5) is 0 Å². The molecule has 2 aromatic rings. The molecule has 0 bridgehead atoms. The zero-order valence-corrected chi connectivity index (χ0v) is 12.4. The fourth-order valence-corrected chi connectivity index (χ4v) is 4.02. The molecule has 2 N–H and O–H groups in total. The number of hydrogen-bond acceptors (Lipinski definition) is 6. The Morgan fingerprint density at radius 1 is 1.58 bits per heavy atom. The second-order valence-electron chi connectivity index (χ2n) is 4.80. The van der Waals surface area contributed by atoms with Gasteiger partial charge in [-0.2, -0.15) is 11.3 Å². The smallest absolute Gasteiger partial charge is 0.210 e. The predicted molar refractivity (Wildman–Crippen MR) is 77.3 cm³/mol. The topological polar surface area (TPSA) is 69.6 Å². The standard InChI is InChI=1S/C12H17N5S2/c1-2-10(13)11(8-5-6-18-7-8)19-12-14-15-16-17(12)9-3-4-9/h5-7,9-11H,2-4,13H2,1H3. The van der Waals surface area contributed by atoms with Crippen molar-refractivity contribution in [1.29, 1.82) is 0 Å². The molecule has 1 aliphatic rings. The van der Waals surface area contributed by atoms with Gasteiger partial charge in [0.2, 0.25) is 5.16 Å². The van der Waals surface area contributed by atoms with Crippen molar-refractivity contribution in [3.8, 4) is 0 Å². The van der Waals surface area contributed by atoms with Crippen molar-refractivity contribution in [2.45, 2.75) is 48.7 Å². The highest BCUT2D eigenvalue weighted by Crippen LogP contribution is 2.42. The summed E-state index contributed by atoms with van der Waals surface area (Å²) in [7, 11) is 0. The normalized spacial score (nSPS) is 18.4. The molecule has 2 atom stereocenters. The predicted octanol–water partition coefficient (Wildman–Crippen LogP) is 2.64. The Morgan fingerprint density at radius 2 is 2.42 bits per heavy atom. The van der Waals surface area contributed by atoms with Gasteiger partial charge in [0.1, 0.15) is 0 Å². The van der Waals surface area contributed by atoms with Crippen LogP contribution in [0.3, 0.4) is 0 Å². The van der Waals surface area contributed by atoms with E-state index in [0.29, 0.717) is 6.04 Å². The van der Waals surface area contributed by atoms with Crippen LogP contribution in [0.15, 0.2) is 22.0 Å². The Labute approximate surface area is 120 Å². The molecule has 0 saturated heterocycles. The van der Waals surface area contributed by atoms with Gasteiger partial charge in [0.05, 0.1) is 11.3 Å². The third-order valence-electron chi connectivity index (χ3n) is 3.32. The Balaban J connectivity index is 1.82. The first-order valence-electron chi connectivity index (χ1n) is 6.51. The summed E-state index contributed by atoms with van der Waals surface area (Å²) >= 11 is 3.39. The number of nitrogens with two attached hydrogens (primary N) is 1. The molecule has 7 heteroatoms. The molecule has 19 heavy (non-hydrogen) atoms. The summed E-state index contributed by atoms with van der Waals surface area (Å²) in [6, 6.07) is 2.76. The first-order valence-corrected chi connectivity index (χ1v) is 8.34. The van der Waals surface area contributed by atoms with Crippen LogP contribution in [0.25, 0.3) is 0 Å². The second kappa shape index (κ2) is 5.60. The van der Waals surface area contributed by atoms with Crippen molar-refractivity contribution < 1.29 is 0 Å². The Morgan fingerprint density at radius 3 is 3.05 bits per heavy atom. The number of thioether (sulfide) groups is 1. The molecular weight excluding hydrogens is 278 g/mol. The van der Waals surface area contributed by atoms with Crippen LogP contribution in [-0.2, 0) is 0 Å². The molecule has 3 rings (SSSR count). The van der Waals surface area contributed by atoms with Gasteiger partial charge in [-0.15, -0.1) is 5.10 Å². The molecule has 5 nitrogen and oxygen atoms in total. The van der Waals surface area contributed by atoms with Crippen LogP contribution in [0.1, 0.15) is 43.0 Å². The number of hydrogen-bond donors (Lipinski definition) is 1. The molecule has 0 aliphatic heterocycles. The van der Waals surface area contributed by atoms with Crippen molar-refractivity contribution in [2.24, 2.45) is 5.73 Å². The van der Waals surface area contributed by atoms with Gasteiger partial charge in [0.25, 0.3) is 0 Å². The minimum Gasteiger partial charge on any atom is -0.326 e. The number of rotatable bonds is 6. The SMILES string of the molecule is CCC(N)C(Sc1nnnn1C1CC1)c1ccsc1. The summed E-state index contributed by atoms with van der Waals surface area (Å²) in [4.78, 5) is 0. The van der Waals surface area contributed by atoms with E-state index < -0.39 is 0 Å². The molecule has 1 fully saturated rings. The van der Waals surface area contributed by atoms with E-state index in [9.17, 15) is 0 Å². The molecule has 0 spiro atoms. The largest absolute Gasteiger partial charge is 0.326 e. The number of tetrazole rings is 1. The maximum Gasteiger partial charge on any atom is 0.210 e. The van der Waals surface area contributed by atoms with E-state index in [1.807, 2.05) is 4.68 Å². The van der Waals surface area contributed by atoms with Crippen LogP contribution in [0.2, 0.25) is 0 Å². The summed E-state index contributed by atoms with van der Waals surface area (Å²) in [5.41, 5.74) is 7.55. The van der Waals surface area contributed by atoms with Gasteiger partial charge >= 0.3 is 0 Å². The molecule has 102 valence electrons. The van der Waals surface area contributed by atoms with Crippen LogP contribution in [-0.4, -0.2) is 26.2 Å². The lowest BCUT2D eigenvalue weighted by atomic mass is 10.1. The highest BCUT2D eigenvalue weighted by molar-refractivity contribution is 7.99. The third kappa shape index (κ3) is 2.82. The zero-order valence-electron chi connectivity index (χ0n) is 10.8. The van der Waals surface area contributed by atoms with Crippen LogP contribution < -0.4 is 5.73 Å². The Hall–Kier alpha value is -0.920. The van der Waals surface area contributed by atoms with Crippen molar-refractivity contribution in [1.82, 2.24) is 20.2 Å². The number of thiophene rings is 1. The molecule has 2 heterocycles. The molecule has 0 radical (unpaired) electrons. The summed E-state index contributed by atoms with van der Waals surface area (Å²) in [6.07, 6.45) is 3.31. The fraction of sp³-hybridized carbons (Fsp3) is 0.583. The Bertz CT molecular complexity index is 520. The minimum absolute atomic E-state index is 0.115. The van der Waals surface area contributed by atoms with E-state index in [0.717, 1.165) is 11.6 Å². The third-order valence-corrected chi connectivity index (χ3v) is 5.38. The lowest BCUT2D eigenvalue weighted by molar-refractivity contribution is 0.561. The van der Waals surface area contributed by atoms with Gasteiger partial charge in [0, 0.05) is 6.04 Å². The summed E-state index contributed by atoms with van der Waals surface area (Å²) in [6.45, 7) is 2.12. The van der Waals surface area contributed by atoms with E-state index in [4.69, 9.17) is 5.73 Å². The summed E-state index contributed by atoms with van der Waals surface area (Å²) in [5.74, 6) is 0.